The first kappa shape index (κ1) is 20.8. The summed E-state index contributed by atoms with van der Waals surface area (Å²) in [7, 11) is 0. The number of fused-ring (bicyclic) bond motifs is 1. The van der Waals surface area contributed by atoms with Gasteiger partial charge in [0, 0.05) is 37.7 Å². The molecule has 6 nitrogen and oxygen atoms in total. The number of hydrogen-bond donors (Lipinski definition) is 1. The van der Waals surface area contributed by atoms with Gasteiger partial charge in [-0.05, 0) is 51.5 Å². The van der Waals surface area contributed by atoms with E-state index in [-0.39, 0.29) is 17.6 Å². The topological polar surface area (TPSA) is 75.4 Å². The van der Waals surface area contributed by atoms with Gasteiger partial charge in [-0.2, -0.15) is 5.10 Å². The van der Waals surface area contributed by atoms with Gasteiger partial charge in [0.1, 0.15) is 0 Å². The lowest BCUT2D eigenvalue weighted by atomic mass is 9.67. The van der Waals surface area contributed by atoms with E-state index in [9.17, 15) is 14.7 Å². The Morgan fingerprint density at radius 2 is 1.93 bits per heavy atom. The minimum absolute atomic E-state index is 0.00592. The molecule has 1 aromatic heterocycles. The van der Waals surface area contributed by atoms with Crippen LogP contribution in [-0.4, -0.2) is 44.6 Å². The Labute approximate surface area is 177 Å². The third-order valence-corrected chi connectivity index (χ3v) is 7.08. The molecule has 6 heteroatoms. The van der Waals surface area contributed by atoms with E-state index in [4.69, 9.17) is 0 Å². The van der Waals surface area contributed by atoms with Gasteiger partial charge in [0.15, 0.2) is 5.78 Å². The van der Waals surface area contributed by atoms with E-state index in [2.05, 4.69) is 5.10 Å². The van der Waals surface area contributed by atoms with Crippen LogP contribution in [0.3, 0.4) is 0 Å². The Bertz CT molecular complexity index is 952. The molecule has 2 aliphatic rings. The molecule has 0 spiro atoms. The third-order valence-electron chi connectivity index (χ3n) is 7.08. The summed E-state index contributed by atoms with van der Waals surface area (Å²) in [6.07, 6.45) is 3.14. The lowest BCUT2D eigenvalue weighted by Gasteiger charge is -2.41. The van der Waals surface area contributed by atoms with Crippen LogP contribution < -0.4 is 0 Å². The van der Waals surface area contributed by atoms with Crippen molar-refractivity contribution < 1.29 is 14.7 Å². The second-order valence-corrected chi connectivity index (χ2v) is 8.92. The first-order chi connectivity index (χ1) is 14.3. The van der Waals surface area contributed by atoms with Gasteiger partial charge in [0.05, 0.1) is 16.9 Å². The first-order valence-electron chi connectivity index (χ1n) is 10.9. The van der Waals surface area contributed by atoms with Crippen molar-refractivity contribution in [1.29, 1.82) is 0 Å². The van der Waals surface area contributed by atoms with Crippen LogP contribution in [0.2, 0.25) is 0 Å². The van der Waals surface area contributed by atoms with E-state index in [0.717, 1.165) is 30.5 Å². The zero-order valence-electron chi connectivity index (χ0n) is 18.1. The zero-order valence-corrected chi connectivity index (χ0v) is 18.1. The second-order valence-electron chi connectivity index (χ2n) is 8.92. The van der Waals surface area contributed by atoms with Crippen molar-refractivity contribution in [2.24, 2.45) is 11.8 Å². The number of aryl methyl sites for hydroxylation is 2. The smallest absolute Gasteiger partial charge is 0.224 e. The molecule has 1 aliphatic carbocycles. The zero-order chi connectivity index (χ0) is 21.5. The van der Waals surface area contributed by atoms with Gasteiger partial charge in [-0.3, -0.25) is 14.3 Å². The van der Waals surface area contributed by atoms with Crippen LogP contribution in [0.5, 0.6) is 0 Å². The quantitative estimate of drug-likeness (QED) is 0.770. The van der Waals surface area contributed by atoms with Crippen molar-refractivity contribution in [3.05, 3.63) is 52.8 Å². The molecule has 1 N–H and O–H groups in total. The molecule has 2 fully saturated rings. The molecule has 1 aliphatic heterocycles. The van der Waals surface area contributed by atoms with E-state index < -0.39 is 5.60 Å². The molecule has 1 amide bonds. The highest BCUT2D eigenvalue weighted by Crippen LogP contribution is 2.48. The van der Waals surface area contributed by atoms with Crippen molar-refractivity contribution in [3.8, 4) is 0 Å². The Morgan fingerprint density at radius 1 is 1.20 bits per heavy atom. The third kappa shape index (κ3) is 3.58. The van der Waals surface area contributed by atoms with Crippen LogP contribution >= 0.6 is 0 Å². The Hall–Kier alpha value is -2.47. The van der Waals surface area contributed by atoms with Gasteiger partial charge < -0.3 is 10.0 Å². The van der Waals surface area contributed by atoms with Crippen molar-refractivity contribution in [1.82, 2.24) is 14.7 Å². The van der Waals surface area contributed by atoms with Crippen LogP contribution in [0.4, 0.5) is 0 Å². The van der Waals surface area contributed by atoms with Crippen LogP contribution in [0.25, 0.3) is 0 Å². The van der Waals surface area contributed by atoms with Crippen molar-refractivity contribution in [2.75, 3.05) is 13.1 Å². The fraction of sp³-hybridized carbons (Fsp3) is 0.542. The summed E-state index contributed by atoms with van der Waals surface area (Å²) in [6, 6.07) is 9.91. The Balaban J connectivity index is 1.45. The Morgan fingerprint density at radius 3 is 2.60 bits per heavy atom. The summed E-state index contributed by atoms with van der Waals surface area (Å²) in [5, 5.41) is 16.0. The van der Waals surface area contributed by atoms with Gasteiger partial charge >= 0.3 is 0 Å². The summed E-state index contributed by atoms with van der Waals surface area (Å²) in [5.41, 5.74) is 2.30. The minimum atomic E-state index is -0.856. The van der Waals surface area contributed by atoms with E-state index in [0.29, 0.717) is 43.2 Å². The number of benzene rings is 1. The van der Waals surface area contributed by atoms with Crippen LogP contribution in [0.15, 0.2) is 30.3 Å². The highest BCUT2D eigenvalue weighted by atomic mass is 16.3. The van der Waals surface area contributed by atoms with E-state index in [1.807, 2.05) is 49.1 Å². The Kier molecular flexibility index (Phi) is 5.53. The van der Waals surface area contributed by atoms with Crippen LogP contribution in [-0.2, 0) is 16.9 Å². The minimum Gasteiger partial charge on any atom is -0.385 e. The lowest BCUT2D eigenvalue weighted by molar-refractivity contribution is -0.131. The van der Waals surface area contributed by atoms with Crippen LogP contribution in [0, 0.1) is 25.7 Å². The average Bonchev–Trinajstić information content (AvgIpc) is 3.28. The molecule has 0 radical (unpaired) electrons. The maximum absolute atomic E-state index is 13.0. The van der Waals surface area contributed by atoms with Gasteiger partial charge in [0.25, 0.3) is 0 Å². The fourth-order valence-corrected chi connectivity index (χ4v) is 5.60. The standard InChI is InChI=1S/C24H31N3O3/c1-16-23(18(3)28)17(2)27(25-16)13-11-22(29)26-14-19-8-7-12-24(30,21(19)15-26)20-9-5-4-6-10-20/h4-6,9-10,19,21,30H,7-8,11-15H2,1-3H3/t19-,21+,24+/m1/s1. The summed E-state index contributed by atoms with van der Waals surface area (Å²) in [6.45, 7) is 7.04. The predicted molar refractivity (Wildman–Crippen MR) is 114 cm³/mol. The van der Waals surface area contributed by atoms with Crippen LogP contribution in [0.1, 0.15) is 59.9 Å². The molecular formula is C24H31N3O3. The summed E-state index contributed by atoms with van der Waals surface area (Å²) >= 11 is 0. The molecule has 2 heterocycles. The highest BCUT2D eigenvalue weighted by molar-refractivity contribution is 5.96. The number of amides is 1. The van der Waals surface area contributed by atoms with E-state index >= 15 is 0 Å². The van der Waals surface area contributed by atoms with Crippen molar-refractivity contribution in [2.45, 2.75) is 58.6 Å². The average molecular weight is 410 g/mol. The van der Waals surface area contributed by atoms with E-state index in [1.54, 1.807) is 11.6 Å². The molecule has 0 bridgehead atoms. The van der Waals surface area contributed by atoms with Gasteiger partial charge in [0.2, 0.25) is 5.91 Å². The van der Waals surface area contributed by atoms with Crippen molar-refractivity contribution >= 4 is 11.7 Å². The number of aromatic nitrogens is 2. The normalized spacial score (nSPS) is 25.9. The largest absolute Gasteiger partial charge is 0.385 e. The second kappa shape index (κ2) is 7.99. The maximum Gasteiger partial charge on any atom is 0.224 e. The number of hydrogen-bond acceptors (Lipinski definition) is 4. The summed E-state index contributed by atoms with van der Waals surface area (Å²) < 4.78 is 1.77. The number of Topliss-reactive ketones (excluding diaryl/α,β-unsaturated/α-hetero) is 1. The summed E-state index contributed by atoms with van der Waals surface area (Å²) in [4.78, 5) is 26.7. The number of rotatable bonds is 5. The number of likely N-dealkylation sites (tertiary alicyclic amines) is 1. The molecule has 1 saturated carbocycles. The molecule has 30 heavy (non-hydrogen) atoms. The molecule has 2 aromatic rings. The first-order valence-corrected chi connectivity index (χ1v) is 10.9. The molecule has 160 valence electrons. The van der Waals surface area contributed by atoms with Gasteiger partial charge in [-0.1, -0.05) is 30.3 Å². The number of nitrogens with zero attached hydrogens (tertiary/aromatic N) is 3. The van der Waals surface area contributed by atoms with Gasteiger partial charge in [-0.25, -0.2) is 0 Å². The number of ketones is 1. The molecule has 1 saturated heterocycles. The fourth-order valence-electron chi connectivity index (χ4n) is 5.60. The molecule has 0 unspecified atom stereocenters. The lowest BCUT2D eigenvalue weighted by Crippen LogP contribution is -2.43. The van der Waals surface area contributed by atoms with Gasteiger partial charge in [-0.15, -0.1) is 0 Å². The number of aliphatic hydroxyl groups is 1. The molecular weight excluding hydrogens is 378 g/mol. The number of carbonyl (C=O) groups excluding carboxylic acids is 2. The SMILES string of the molecule is CC(=O)c1c(C)nn(CCC(=O)N2C[C@H]3CCC[C@](O)(c4ccccc4)[C@H]3C2)c1C. The van der Waals surface area contributed by atoms with E-state index in [1.165, 1.54) is 0 Å². The predicted octanol–water partition coefficient (Wildman–Crippen LogP) is 3.24. The monoisotopic (exact) mass is 409 g/mol. The summed E-state index contributed by atoms with van der Waals surface area (Å²) in [5.74, 6) is 0.518. The number of carbonyl (C=O) groups is 2. The molecule has 1 aromatic carbocycles. The molecule has 4 rings (SSSR count). The maximum atomic E-state index is 13.0. The van der Waals surface area contributed by atoms with Crippen molar-refractivity contribution in [3.63, 3.8) is 0 Å². The molecule has 3 atom stereocenters. The highest BCUT2D eigenvalue weighted by Gasteiger charge is 2.50.